The van der Waals surface area contributed by atoms with Crippen LogP contribution < -0.4 is 0 Å². The number of aliphatic hydroxyl groups is 1. The van der Waals surface area contributed by atoms with E-state index in [9.17, 15) is 0 Å². The fourth-order valence-corrected chi connectivity index (χ4v) is 2.52. The first-order valence-corrected chi connectivity index (χ1v) is 5.11. The van der Waals surface area contributed by atoms with Crippen LogP contribution in [0.25, 0.3) is 0 Å². The van der Waals surface area contributed by atoms with Gasteiger partial charge in [-0.15, -0.1) is 0 Å². The maximum atomic E-state index is 8.82. The van der Waals surface area contributed by atoms with E-state index in [-0.39, 0.29) is 0 Å². The molecule has 0 aromatic heterocycles. The van der Waals surface area contributed by atoms with E-state index in [1.807, 2.05) is 0 Å². The lowest BCUT2D eigenvalue weighted by Crippen LogP contribution is -2.51. The average Bonchev–Trinajstić information content (AvgIpc) is 1.91. The Hall–Kier alpha value is -0.0800. The smallest absolute Gasteiger partial charge is 0.0483 e. The summed E-state index contributed by atoms with van der Waals surface area (Å²) in [5.74, 6) is 2.53. The van der Waals surface area contributed by atoms with Gasteiger partial charge in [0.15, 0.2) is 0 Å². The molecule has 1 saturated heterocycles. The van der Waals surface area contributed by atoms with Crippen molar-refractivity contribution in [2.75, 3.05) is 26.2 Å². The maximum absolute atomic E-state index is 8.82. The third-order valence-corrected chi connectivity index (χ3v) is 3.28. The molecule has 1 N–H and O–H groups in total. The van der Waals surface area contributed by atoms with Crippen LogP contribution in [-0.4, -0.2) is 36.2 Å². The van der Waals surface area contributed by atoms with Crippen molar-refractivity contribution in [3.63, 3.8) is 0 Å². The predicted molar refractivity (Wildman–Crippen MR) is 48.9 cm³/mol. The normalized spacial score (nSPS) is 37.5. The van der Waals surface area contributed by atoms with Crippen LogP contribution >= 0.6 is 0 Å². The van der Waals surface area contributed by atoms with Gasteiger partial charge in [-0.1, -0.05) is 6.92 Å². The third kappa shape index (κ3) is 1.64. The topological polar surface area (TPSA) is 23.5 Å². The summed E-state index contributed by atoms with van der Waals surface area (Å²) < 4.78 is 0. The average molecular weight is 169 g/mol. The number of aliphatic hydroxyl groups excluding tert-OH is 1. The quantitative estimate of drug-likeness (QED) is 0.680. The molecule has 0 spiro atoms. The molecule has 0 unspecified atom stereocenters. The zero-order valence-corrected chi connectivity index (χ0v) is 7.87. The minimum atomic E-state index is 0.386. The summed E-state index contributed by atoms with van der Waals surface area (Å²) in [6.07, 6.45) is 2.86. The highest BCUT2D eigenvalue weighted by Gasteiger charge is 2.32. The van der Waals surface area contributed by atoms with Crippen LogP contribution in [0.4, 0.5) is 0 Å². The molecule has 0 bridgehead atoms. The Bertz CT molecular complexity index is 148. The summed E-state index contributed by atoms with van der Waals surface area (Å²) in [5.41, 5.74) is 0. The van der Waals surface area contributed by atoms with Gasteiger partial charge in [0.25, 0.3) is 0 Å². The monoisotopic (exact) mass is 169 g/mol. The van der Waals surface area contributed by atoms with E-state index in [0.29, 0.717) is 12.5 Å². The van der Waals surface area contributed by atoms with Crippen LogP contribution in [-0.2, 0) is 0 Å². The molecule has 0 atom stereocenters. The zero-order chi connectivity index (χ0) is 8.55. The lowest BCUT2D eigenvalue weighted by molar-refractivity contribution is 0.0213. The molecule has 2 fully saturated rings. The molecule has 0 aromatic carbocycles. The molecule has 1 aliphatic heterocycles. The molecule has 1 saturated carbocycles. The van der Waals surface area contributed by atoms with E-state index in [1.165, 1.54) is 19.4 Å². The largest absolute Gasteiger partial charge is 0.396 e. The second kappa shape index (κ2) is 3.35. The van der Waals surface area contributed by atoms with Gasteiger partial charge in [-0.05, 0) is 24.7 Å². The van der Waals surface area contributed by atoms with Gasteiger partial charge in [-0.3, -0.25) is 0 Å². The van der Waals surface area contributed by atoms with E-state index in [2.05, 4.69) is 11.8 Å². The molecule has 2 nitrogen and oxygen atoms in total. The molecule has 70 valence electrons. The first-order valence-electron chi connectivity index (χ1n) is 5.11. The van der Waals surface area contributed by atoms with Crippen LogP contribution in [0, 0.1) is 17.8 Å². The predicted octanol–water partition coefficient (Wildman–Crippen LogP) is 0.957. The Morgan fingerprint density at radius 3 is 2.42 bits per heavy atom. The van der Waals surface area contributed by atoms with Crippen molar-refractivity contribution in [3.8, 4) is 0 Å². The van der Waals surface area contributed by atoms with Crippen LogP contribution in [0.15, 0.2) is 0 Å². The summed E-state index contributed by atoms with van der Waals surface area (Å²) in [6.45, 7) is 6.30. The van der Waals surface area contributed by atoms with Gasteiger partial charge in [0.2, 0.25) is 0 Å². The number of rotatable bonds is 3. The second-order valence-electron chi connectivity index (χ2n) is 4.71. The van der Waals surface area contributed by atoms with Crippen molar-refractivity contribution in [1.29, 1.82) is 0 Å². The van der Waals surface area contributed by atoms with Gasteiger partial charge in [-0.25, -0.2) is 0 Å². The summed E-state index contributed by atoms with van der Waals surface area (Å²) in [6, 6.07) is 0. The molecule has 1 aliphatic carbocycles. The third-order valence-electron chi connectivity index (χ3n) is 3.28. The van der Waals surface area contributed by atoms with Gasteiger partial charge in [-0.2, -0.15) is 0 Å². The molecule has 2 rings (SSSR count). The molecule has 0 amide bonds. The molecular formula is C10H19NO. The minimum Gasteiger partial charge on any atom is -0.396 e. The van der Waals surface area contributed by atoms with E-state index in [0.717, 1.165) is 24.9 Å². The SMILES string of the molecule is CC1CC(CN2CC(CO)C2)C1. The number of nitrogens with zero attached hydrogens (tertiary/aromatic N) is 1. The highest BCUT2D eigenvalue weighted by atomic mass is 16.3. The summed E-state index contributed by atoms with van der Waals surface area (Å²) in [5, 5.41) is 8.82. The molecular weight excluding hydrogens is 150 g/mol. The minimum absolute atomic E-state index is 0.386. The summed E-state index contributed by atoms with van der Waals surface area (Å²) >= 11 is 0. The first-order chi connectivity index (χ1) is 5.78. The molecule has 0 radical (unpaired) electrons. The number of hydrogen-bond donors (Lipinski definition) is 1. The molecule has 2 aliphatic rings. The van der Waals surface area contributed by atoms with E-state index in [1.54, 1.807) is 0 Å². The summed E-state index contributed by atoms with van der Waals surface area (Å²) in [4.78, 5) is 2.48. The highest BCUT2D eigenvalue weighted by molar-refractivity contribution is 4.85. The Kier molecular flexibility index (Phi) is 2.37. The van der Waals surface area contributed by atoms with Crippen LogP contribution in [0.2, 0.25) is 0 Å². The van der Waals surface area contributed by atoms with Crippen LogP contribution in [0.3, 0.4) is 0 Å². The maximum Gasteiger partial charge on any atom is 0.0483 e. The second-order valence-corrected chi connectivity index (χ2v) is 4.71. The van der Waals surface area contributed by atoms with Crippen molar-refractivity contribution in [2.24, 2.45) is 17.8 Å². The Morgan fingerprint density at radius 2 is 1.92 bits per heavy atom. The molecule has 0 aromatic rings. The molecule has 12 heavy (non-hydrogen) atoms. The van der Waals surface area contributed by atoms with E-state index < -0.39 is 0 Å². The fourth-order valence-electron chi connectivity index (χ4n) is 2.52. The van der Waals surface area contributed by atoms with Gasteiger partial charge >= 0.3 is 0 Å². The van der Waals surface area contributed by atoms with Crippen molar-refractivity contribution < 1.29 is 5.11 Å². The van der Waals surface area contributed by atoms with E-state index >= 15 is 0 Å². The Morgan fingerprint density at radius 1 is 1.25 bits per heavy atom. The molecule has 2 heteroatoms. The first kappa shape index (κ1) is 8.52. The van der Waals surface area contributed by atoms with Crippen molar-refractivity contribution in [2.45, 2.75) is 19.8 Å². The Labute approximate surface area is 74.6 Å². The van der Waals surface area contributed by atoms with Gasteiger partial charge < -0.3 is 10.0 Å². The lowest BCUT2D eigenvalue weighted by atomic mass is 9.75. The summed E-state index contributed by atoms with van der Waals surface area (Å²) in [7, 11) is 0. The highest BCUT2D eigenvalue weighted by Crippen LogP contribution is 2.34. The lowest BCUT2D eigenvalue weighted by Gasteiger charge is -2.44. The van der Waals surface area contributed by atoms with E-state index in [4.69, 9.17) is 5.11 Å². The van der Waals surface area contributed by atoms with Crippen LogP contribution in [0.5, 0.6) is 0 Å². The van der Waals surface area contributed by atoms with Crippen LogP contribution in [0.1, 0.15) is 19.8 Å². The zero-order valence-electron chi connectivity index (χ0n) is 7.87. The van der Waals surface area contributed by atoms with Gasteiger partial charge in [0.05, 0.1) is 0 Å². The molecule has 1 heterocycles. The van der Waals surface area contributed by atoms with Gasteiger partial charge in [0.1, 0.15) is 0 Å². The van der Waals surface area contributed by atoms with Crippen molar-refractivity contribution >= 4 is 0 Å². The fraction of sp³-hybridized carbons (Fsp3) is 1.00. The standard InChI is InChI=1S/C10H19NO/c1-8-2-9(3-8)4-11-5-10(6-11)7-12/h8-10,12H,2-7H2,1H3. The van der Waals surface area contributed by atoms with Crippen molar-refractivity contribution in [3.05, 3.63) is 0 Å². The number of likely N-dealkylation sites (tertiary alicyclic amines) is 1. The number of hydrogen-bond acceptors (Lipinski definition) is 2. The Balaban J connectivity index is 1.58. The van der Waals surface area contributed by atoms with Crippen molar-refractivity contribution in [1.82, 2.24) is 4.90 Å². The van der Waals surface area contributed by atoms with Gasteiger partial charge in [0, 0.05) is 32.2 Å².